The largest absolute Gasteiger partial charge is 0.497 e. The SMILES string of the molecule is COc1cccc(NC(=O)COC(=O)[C@H](C)N2C(=O)[C@H]3CCCC[C@H]3C2=O)c1. The lowest BCUT2D eigenvalue weighted by Gasteiger charge is -2.21. The van der Waals surface area contributed by atoms with Gasteiger partial charge in [-0.25, -0.2) is 4.79 Å². The molecule has 3 rings (SSSR count). The fourth-order valence-corrected chi connectivity index (χ4v) is 3.83. The molecular formula is C20H24N2O6. The standard InChI is InChI=1S/C20H24N2O6/c1-12(22-18(24)15-8-3-4-9-16(15)19(22)25)20(26)28-11-17(23)21-13-6-5-7-14(10-13)27-2/h5-7,10,12,15-16H,3-4,8-9,11H2,1-2H3,(H,21,23)/t12-,15-,16+/m0/s1. The van der Waals surface area contributed by atoms with E-state index in [1.807, 2.05) is 0 Å². The van der Waals surface area contributed by atoms with Crippen LogP contribution in [0.25, 0.3) is 0 Å². The number of hydrogen-bond donors (Lipinski definition) is 1. The Morgan fingerprint density at radius 2 is 1.82 bits per heavy atom. The van der Waals surface area contributed by atoms with Gasteiger partial charge in [-0.2, -0.15) is 0 Å². The van der Waals surface area contributed by atoms with Crippen molar-refractivity contribution in [3.8, 4) is 5.75 Å². The molecule has 1 aromatic rings. The maximum Gasteiger partial charge on any atom is 0.329 e. The average molecular weight is 388 g/mol. The molecule has 28 heavy (non-hydrogen) atoms. The Kier molecular flexibility index (Phi) is 5.96. The number of anilines is 1. The summed E-state index contributed by atoms with van der Waals surface area (Å²) in [4.78, 5) is 50.4. The van der Waals surface area contributed by atoms with E-state index in [2.05, 4.69) is 5.32 Å². The number of amides is 3. The first-order valence-corrected chi connectivity index (χ1v) is 9.40. The molecule has 0 unspecified atom stereocenters. The van der Waals surface area contributed by atoms with Crippen LogP contribution in [-0.4, -0.2) is 48.3 Å². The normalized spacial score (nSPS) is 22.4. The van der Waals surface area contributed by atoms with Crippen molar-refractivity contribution in [1.82, 2.24) is 4.90 Å². The number of fused-ring (bicyclic) bond motifs is 1. The summed E-state index contributed by atoms with van der Waals surface area (Å²) in [5, 5.41) is 2.60. The van der Waals surface area contributed by atoms with E-state index in [9.17, 15) is 19.2 Å². The average Bonchev–Trinajstić information content (AvgIpc) is 2.96. The summed E-state index contributed by atoms with van der Waals surface area (Å²) in [5.41, 5.74) is 0.502. The Hall–Kier alpha value is -2.90. The number of hydrogen-bond acceptors (Lipinski definition) is 6. The zero-order valence-corrected chi connectivity index (χ0v) is 16.0. The molecule has 1 saturated heterocycles. The van der Waals surface area contributed by atoms with Gasteiger partial charge < -0.3 is 14.8 Å². The molecule has 1 aliphatic carbocycles. The summed E-state index contributed by atoms with van der Waals surface area (Å²) >= 11 is 0. The molecule has 1 heterocycles. The van der Waals surface area contributed by atoms with Crippen molar-refractivity contribution in [2.24, 2.45) is 11.8 Å². The number of nitrogens with zero attached hydrogens (tertiary/aromatic N) is 1. The maximum atomic E-state index is 12.5. The summed E-state index contributed by atoms with van der Waals surface area (Å²) in [6, 6.07) is 5.71. The highest BCUT2D eigenvalue weighted by Crippen LogP contribution is 2.38. The van der Waals surface area contributed by atoms with Crippen LogP contribution >= 0.6 is 0 Å². The van der Waals surface area contributed by atoms with Gasteiger partial charge in [0, 0.05) is 11.8 Å². The molecule has 0 aromatic heterocycles. The van der Waals surface area contributed by atoms with Crippen LogP contribution in [0.15, 0.2) is 24.3 Å². The van der Waals surface area contributed by atoms with Crippen LogP contribution in [0.5, 0.6) is 5.75 Å². The van der Waals surface area contributed by atoms with Crippen molar-refractivity contribution in [1.29, 1.82) is 0 Å². The molecule has 2 fully saturated rings. The number of carbonyl (C=O) groups is 4. The summed E-state index contributed by atoms with van der Waals surface area (Å²) in [5.74, 6) is -1.99. The summed E-state index contributed by atoms with van der Waals surface area (Å²) in [6.07, 6.45) is 3.18. The molecule has 1 aromatic carbocycles. The lowest BCUT2D eigenvalue weighted by Crippen LogP contribution is -2.45. The Bertz CT molecular complexity index is 769. The molecule has 1 saturated carbocycles. The molecule has 1 N–H and O–H groups in total. The number of imide groups is 1. The number of esters is 1. The molecule has 150 valence electrons. The van der Waals surface area contributed by atoms with E-state index in [0.29, 0.717) is 24.3 Å². The minimum Gasteiger partial charge on any atom is -0.497 e. The molecule has 1 aliphatic heterocycles. The monoisotopic (exact) mass is 388 g/mol. The van der Waals surface area contributed by atoms with E-state index >= 15 is 0 Å². The highest BCUT2D eigenvalue weighted by atomic mass is 16.5. The summed E-state index contributed by atoms with van der Waals surface area (Å²) in [6.45, 7) is 0.943. The smallest absolute Gasteiger partial charge is 0.329 e. The number of carbonyl (C=O) groups excluding carboxylic acids is 4. The van der Waals surface area contributed by atoms with Crippen LogP contribution in [0, 0.1) is 11.8 Å². The van der Waals surface area contributed by atoms with Gasteiger partial charge in [0.1, 0.15) is 11.8 Å². The van der Waals surface area contributed by atoms with Crippen molar-refractivity contribution in [2.75, 3.05) is 19.0 Å². The van der Waals surface area contributed by atoms with Gasteiger partial charge in [0.2, 0.25) is 11.8 Å². The number of methoxy groups -OCH3 is 1. The van der Waals surface area contributed by atoms with E-state index < -0.39 is 24.5 Å². The first-order valence-electron chi connectivity index (χ1n) is 9.40. The number of rotatable bonds is 6. The second-order valence-electron chi connectivity index (χ2n) is 7.11. The first-order chi connectivity index (χ1) is 13.4. The highest BCUT2D eigenvalue weighted by molar-refractivity contribution is 6.08. The quantitative estimate of drug-likeness (QED) is 0.588. The van der Waals surface area contributed by atoms with E-state index in [4.69, 9.17) is 9.47 Å². The van der Waals surface area contributed by atoms with Crippen LogP contribution < -0.4 is 10.1 Å². The first kappa shape index (κ1) is 19.9. The Labute approximate surface area is 163 Å². The Balaban J connectivity index is 1.54. The third-order valence-corrected chi connectivity index (χ3v) is 5.30. The molecule has 8 nitrogen and oxygen atoms in total. The molecule has 3 amide bonds. The summed E-state index contributed by atoms with van der Waals surface area (Å²) in [7, 11) is 1.52. The van der Waals surface area contributed by atoms with Gasteiger partial charge in [-0.05, 0) is 31.9 Å². The third-order valence-electron chi connectivity index (χ3n) is 5.30. The van der Waals surface area contributed by atoms with Crippen LogP contribution in [0.1, 0.15) is 32.6 Å². The minimum absolute atomic E-state index is 0.306. The van der Waals surface area contributed by atoms with Crippen molar-refractivity contribution >= 4 is 29.4 Å². The Morgan fingerprint density at radius 1 is 1.18 bits per heavy atom. The van der Waals surface area contributed by atoms with Gasteiger partial charge in [-0.3, -0.25) is 19.3 Å². The zero-order valence-electron chi connectivity index (χ0n) is 16.0. The predicted molar refractivity (Wildman–Crippen MR) is 99.3 cm³/mol. The molecule has 8 heteroatoms. The van der Waals surface area contributed by atoms with Gasteiger partial charge in [-0.1, -0.05) is 18.9 Å². The lowest BCUT2D eigenvalue weighted by molar-refractivity contribution is -0.159. The predicted octanol–water partition coefficient (Wildman–Crippen LogP) is 1.74. The second-order valence-corrected chi connectivity index (χ2v) is 7.11. The minimum atomic E-state index is -1.05. The van der Waals surface area contributed by atoms with Crippen molar-refractivity contribution < 1.29 is 28.7 Å². The maximum absolute atomic E-state index is 12.5. The van der Waals surface area contributed by atoms with Gasteiger partial charge >= 0.3 is 5.97 Å². The van der Waals surface area contributed by atoms with Crippen molar-refractivity contribution in [3.05, 3.63) is 24.3 Å². The second kappa shape index (κ2) is 8.41. The fourth-order valence-electron chi connectivity index (χ4n) is 3.83. The number of ether oxygens (including phenoxy) is 2. The Morgan fingerprint density at radius 3 is 2.43 bits per heavy atom. The molecule has 0 spiro atoms. The fraction of sp³-hybridized carbons (Fsp3) is 0.500. The van der Waals surface area contributed by atoms with E-state index in [-0.39, 0.29) is 23.7 Å². The van der Waals surface area contributed by atoms with Gasteiger partial charge in [0.05, 0.1) is 18.9 Å². The zero-order chi connectivity index (χ0) is 20.3. The number of nitrogens with one attached hydrogen (secondary N) is 1. The van der Waals surface area contributed by atoms with Crippen LogP contribution in [-0.2, 0) is 23.9 Å². The molecule has 2 aliphatic rings. The van der Waals surface area contributed by atoms with E-state index in [1.54, 1.807) is 24.3 Å². The van der Waals surface area contributed by atoms with Crippen LogP contribution in [0.4, 0.5) is 5.69 Å². The molecule has 3 atom stereocenters. The van der Waals surface area contributed by atoms with Crippen molar-refractivity contribution in [2.45, 2.75) is 38.6 Å². The number of benzene rings is 1. The highest BCUT2D eigenvalue weighted by Gasteiger charge is 2.51. The molecular weight excluding hydrogens is 364 g/mol. The van der Waals surface area contributed by atoms with Crippen LogP contribution in [0.2, 0.25) is 0 Å². The van der Waals surface area contributed by atoms with E-state index in [0.717, 1.165) is 17.7 Å². The number of likely N-dealkylation sites (tertiary alicyclic amines) is 1. The van der Waals surface area contributed by atoms with E-state index in [1.165, 1.54) is 14.0 Å². The van der Waals surface area contributed by atoms with Crippen molar-refractivity contribution in [3.63, 3.8) is 0 Å². The van der Waals surface area contributed by atoms with Gasteiger partial charge in [0.15, 0.2) is 6.61 Å². The summed E-state index contributed by atoms with van der Waals surface area (Å²) < 4.78 is 10.1. The lowest BCUT2D eigenvalue weighted by atomic mass is 9.81. The third kappa shape index (κ3) is 4.00. The molecule has 0 bridgehead atoms. The molecule has 0 radical (unpaired) electrons. The topological polar surface area (TPSA) is 102 Å². The van der Waals surface area contributed by atoms with Crippen LogP contribution in [0.3, 0.4) is 0 Å². The van der Waals surface area contributed by atoms with Gasteiger partial charge in [0.25, 0.3) is 5.91 Å². The van der Waals surface area contributed by atoms with Gasteiger partial charge in [-0.15, -0.1) is 0 Å².